The summed E-state index contributed by atoms with van der Waals surface area (Å²) in [5.41, 5.74) is 13.8. The fourth-order valence-electron chi connectivity index (χ4n) is 4.48. The van der Waals surface area contributed by atoms with E-state index >= 15 is 0 Å². The number of nitrogens with two attached hydrogens (primary N) is 2. The van der Waals surface area contributed by atoms with Crippen molar-refractivity contribution in [2.75, 3.05) is 13.1 Å². The highest BCUT2D eigenvalue weighted by Gasteiger charge is 2.27. The molecule has 0 unspecified atom stereocenters. The van der Waals surface area contributed by atoms with Crippen molar-refractivity contribution >= 4 is 40.4 Å². The van der Waals surface area contributed by atoms with Crippen LogP contribution in [0.5, 0.6) is 5.75 Å². The smallest absolute Gasteiger partial charge is 0.243 e. The van der Waals surface area contributed by atoms with E-state index in [-0.39, 0.29) is 24.5 Å². The highest BCUT2D eigenvalue weighted by Crippen LogP contribution is 2.19. The minimum absolute atomic E-state index is 0.0810. The van der Waals surface area contributed by atoms with Gasteiger partial charge in [0, 0.05) is 23.5 Å². The van der Waals surface area contributed by atoms with Gasteiger partial charge in [-0.15, -0.1) is 0 Å². The van der Waals surface area contributed by atoms with Crippen LogP contribution < -0.4 is 32.7 Å². The number of nitrogens with one attached hydrogen (secondary N) is 5. The minimum Gasteiger partial charge on any atom is -0.508 e. The van der Waals surface area contributed by atoms with Crippen LogP contribution in [0.4, 0.5) is 0 Å². The first-order chi connectivity index (χ1) is 20.4. The first-order valence-corrected chi connectivity index (χ1v) is 13.9. The van der Waals surface area contributed by atoms with Gasteiger partial charge >= 0.3 is 0 Å². The number of amides is 5. The van der Waals surface area contributed by atoms with Crippen LogP contribution in [-0.4, -0.2) is 70.8 Å². The number of para-hydroxylation sites is 1. The van der Waals surface area contributed by atoms with Crippen molar-refractivity contribution in [1.82, 2.24) is 26.3 Å². The highest BCUT2D eigenvalue weighted by molar-refractivity contribution is 5.94. The van der Waals surface area contributed by atoms with Gasteiger partial charge in [-0.05, 0) is 48.1 Å². The van der Waals surface area contributed by atoms with Crippen LogP contribution in [-0.2, 0) is 36.8 Å². The Morgan fingerprint density at radius 1 is 0.837 bits per heavy atom. The number of carbonyl (C=O) groups excluding carboxylic acids is 5. The minimum atomic E-state index is -1.07. The molecule has 0 radical (unpaired) electrons. The van der Waals surface area contributed by atoms with Gasteiger partial charge in [0.05, 0.1) is 19.1 Å². The van der Waals surface area contributed by atoms with E-state index in [0.717, 1.165) is 22.0 Å². The molecule has 1 heterocycles. The Balaban J connectivity index is 1.57. The molecule has 3 atom stereocenters. The Kier molecular flexibility index (Phi) is 11.6. The molecule has 0 aliphatic rings. The van der Waals surface area contributed by atoms with Crippen molar-refractivity contribution in [3.63, 3.8) is 0 Å². The average molecular weight is 594 g/mol. The molecule has 0 bridgehead atoms. The first-order valence-electron chi connectivity index (χ1n) is 13.9. The standard InChI is InChI=1S/C30H39N7O6/c1-17(2)11-24(28(32)41)37-30(43)25(13-19-14-33-23-6-4-3-5-21(19)23)36-27(40)16-34-26(39)15-35-29(42)22(31)12-18-7-9-20(38)10-8-18/h3-10,14,17,22,24-25,33,38H,11-13,15-16,31H2,1-2H3,(H2,32,41)(H,34,39)(H,35,42)(H,36,40)(H,37,43)/t22-,24-,25-/m0/s1. The predicted octanol–water partition coefficient (Wildman–Crippen LogP) is -0.281. The molecule has 13 heteroatoms. The van der Waals surface area contributed by atoms with E-state index in [4.69, 9.17) is 11.5 Å². The molecule has 230 valence electrons. The second-order valence-corrected chi connectivity index (χ2v) is 10.7. The van der Waals surface area contributed by atoms with Crippen molar-refractivity contribution < 1.29 is 29.1 Å². The van der Waals surface area contributed by atoms with Gasteiger partial charge in [-0.1, -0.05) is 44.2 Å². The number of phenolic OH excluding ortho intramolecular Hbond substituents is 1. The SMILES string of the molecule is CC(C)C[C@H](NC(=O)[C@H](Cc1c[nH]c2ccccc12)NC(=O)CNC(=O)CNC(=O)[C@@H](N)Cc1ccc(O)cc1)C(N)=O. The third kappa shape index (κ3) is 10.1. The number of phenols is 1. The normalized spacial score (nSPS) is 13.1. The summed E-state index contributed by atoms with van der Waals surface area (Å²) in [5, 5.41) is 20.3. The molecule has 10 N–H and O–H groups in total. The summed E-state index contributed by atoms with van der Waals surface area (Å²) in [5.74, 6) is -2.95. The fraction of sp³-hybridized carbons (Fsp3) is 0.367. The van der Waals surface area contributed by atoms with Crippen LogP contribution in [0.15, 0.2) is 54.7 Å². The quantitative estimate of drug-likeness (QED) is 0.118. The highest BCUT2D eigenvalue weighted by atomic mass is 16.3. The van der Waals surface area contributed by atoms with E-state index in [0.29, 0.717) is 6.42 Å². The lowest BCUT2D eigenvalue weighted by Gasteiger charge is -2.23. The second kappa shape index (κ2) is 15.4. The molecule has 0 aliphatic heterocycles. The second-order valence-electron chi connectivity index (χ2n) is 10.7. The van der Waals surface area contributed by atoms with E-state index < -0.39 is 60.8 Å². The van der Waals surface area contributed by atoms with Crippen LogP contribution >= 0.6 is 0 Å². The lowest BCUT2D eigenvalue weighted by atomic mass is 10.0. The van der Waals surface area contributed by atoms with Crippen molar-refractivity contribution in [2.45, 2.75) is 51.2 Å². The number of fused-ring (bicyclic) bond motifs is 1. The van der Waals surface area contributed by atoms with E-state index in [9.17, 15) is 29.1 Å². The number of hydrogen-bond donors (Lipinski definition) is 8. The maximum absolute atomic E-state index is 13.3. The summed E-state index contributed by atoms with van der Waals surface area (Å²) in [6.07, 6.45) is 2.38. The van der Waals surface area contributed by atoms with E-state index in [1.807, 2.05) is 38.1 Å². The number of carbonyl (C=O) groups is 5. The molecule has 1 aromatic heterocycles. The number of H-pyrrole nitrogens is 1. The topological polar surface area (TPSA) is 222 Å². The number of rotatable bonds is 15. The molecule has 43 heavy (non-hydrogen) atoms. The Morgan fingerprint density at radius 2 is 1.51 bits per heavy atom. The molecule has 0 fully saturated rings. The third-order valence-corrected chi connectivity index (χ3v) is 6.72. The largest absolute Gasteiger partial charge is 0.508 e. The van der Waals surface area contributed by atoms with E-state index in [2.05, 4.69) is 26.3 Å². The van der Waals surface area contributed by atoms with Gasteiger partial charge in [-0.25, -0.2) is 0 Å². The van der Waals surface area contributed by atoms with Crippen LogP contribution in [0.2, 0.25) is 0 Å². The lowest BCUT2D eigenvalue weighted by Crippen LogP contribution is -2.55. The van der Waals surface area contributed by atoms with Gasteiger partial charge in [0.15, 0.2) is 0 Å². The van der Waals surface area contributed by atoms with Crippen molar-refractivity contribution in [2.24, 2.45) is 17.4 Å². The van der Waals surface area contributed by atoms with Gasteiger partial charge in [-0.3, -0.25) is 24.0 Å². The van der Waals surface area contributed by atoms with Crippen molar-refractivity contribution in [1.29, 1.82) is 0 Å². The maximum atomic E-state index is 13.3. The molecule has 2 aromatic carbocycles. The number of aromatic amines is 1. The number of aromatic nitrogens is 1. The molecular formula is C30H39N7O6. The average Bonchev–Trinajstić information content (AvgIpc) is 3.37. The summed E-state index contributed by atoms with van der Waals surface area (Å²) in [6, 6.07) is 10.8. The lowest BCUT2D eigenvalue weighted by molar-refractivity contribution is -0.132. The molecule has 0 saturated heterocycles. The number of hydrogen-bond acceptors (Lipinski definition) is 7. The molecule has 0 saturated carbocycles. The third-order valence-electron chi connectivity index (χ3n) is 6.72. The summed E-state index contributed by atoms with van der Waals surface area (Å²) >= 11 is 0. The Bertz CT molecular complexity index is 1440. The van der Waals surface area contributed by atoms with E-state index in [1.165, 1.54) is 12.1 Å². The predicted molar refractivity (Wildman–Crippen MR) is 160 cm³/mol. The van der Waals surface area contributed by atoms with Crippen LogP contribution in [0.1, 0.15) is 31.4 Å². The zero-order valence-corrected chi connectivity index (χ0v) is 24.2. The molecule has 3 rings (SSSR count). The number of primary amides is 1. The molecule has 0 spiro atoms. The van der Waals surface area contributed by atoms with Gasteiger partial charge < -0.3 is 42.8 Å². The molecule has 0 aliphatic carbocycles. The van der Waals surface area contributed by atoms with Crippen LogP contribution in [0, 0.1) is 5.92 Å². The zero-order chi connectivity index (χ0) is 31.5. The van der Waals surface area contributed by atoms with Gasteiger partial charge in [0.25, 0.3) is 0 Å². The summed E-state index contributed by atoms with van der Waals surface area (Å²) in [7, 11) is 0. The summed E-state index contributed by atoms with van der Waals surface area (Å²) in [6.45, 7) is 2.91. The monoisotopic (exact) mass is 593 g/mol. The van der Waals surface area contributed by atoms with Crippen LogP contribution in [0.3, 0.4) is 0 Å². The Labute approximate surface area is 249 Å². The zero-order valence-electron chi connectivity index (χ0n) is 24.2. The Hall–Kier alpha value is -4.91. The van der Waals surface area contributed by atoms with Gasteiger partial charge in [-0.2, -0.15) is 0 Å². The fourth-order valence-corrected chi connectivity index (χ4v) is 4.48. The summed E-state index contributed by atoms with van der Waals surface area (Å²) in [4.78, 5) is 65.8. The molecular weight excluding hydrogens is 554 g/mol. The molecule has 5 amide bonds. The van der Waals surface area contributed by atoms with Crippen LogP contribution in [0.25, 0.3) is 10.9 Å². The summed E-state index contributed by atoms with van der Waals surface area (Å²) < 4.78 is 0. The van der Waals surface area contributed by atoms with Crippen molar-refractivity contribution in [3.8, 4) is 5.75 Å². The first kappa shape index (κ1) is 32.6. The van der Waals surface area contributed by atoms with Gasteiger partial charge in [0.2, 0.25) is 29.5 Å². The Morgan fingerprint density at radius 3 is 2.19 bits per heavy atom. The molecule has 3 aromatic rings. The van der Waals surface area contributed by atoms with Gasteiger partial charge in [0.1, 0.15) is 17.8 Å². The maximum Gasteiger partial charge on any atom is 0.243 e. The van der Waals surface area contributed by atoms with E-state index in [1.54, 1.807) is 18.3 Å². The van der Waals surface area contributed by atoms with Crippen molar-refractivity contribution in [3.05, 3.63) is 65.9 Å². The number of aromatic hydroxyl groups is 1. The number of benzene rings is 2. The molecule has 13 nitrogen and oxygen atoms in total.